The zero-order valence-corrected chi connectivity index (χ0v) is 22.7. The Balaban J connectivity index is 1.49. The molecule has 2 aromatic rings. The molecule has 0 N–H and O–H groups in total. The van der Waals surface area contributed by atoms with Crippen molar-refractivity contribution in [2.75, 3.05) is 46.0 Å². The van der Waals surface area contributed by atoms with E-state index < -0.39 is 11.4 Å². The maximum atomic E-state index is 14.0. The number of aryl methyl sites for hydroxylation is 1. The van der Waals surface area contributed by atoms with Crippen LogP contribution in [0, 0.1) is 5.82 Å². The minimum absolute atomic E-state index is 0.0714. The van der Waals surface area contributed by atoms with E-state index in [-0.39, 0.29) is 36.6 Å². The number of benzene rings is 2. The smallest absolute Gasteiger partial charge is 0.260 e. The van der Waals surface area contributed by atoms with Gasteiger partial charge in [0.1, 0.15) is 23.9 Å². The molecule has 7 nitrogen and oxygen atoms in total. The molecular weight excluding hydrogens is 511 g/mol. The second-order valence-corrected chi connectivity index (χ2v) is 10.2. The molecule has 1 saturated heterocycles. The fraction of sp³-hybridized carbons (Fsp3) is 0.517. The highest BCUT2D eigenvalue weighted by Crippen LogP contribution is 2.30. The van der Waals surface area contributed by atoms with E-state index in [0.717, 1.165) is 43.4 Å². The van der Waals surface area contributed by atoms with Gasteiger partial charge in [0, 0.05) is 19.2 Å². The van der Waals surface area contributed by atoms with E-state index in [1.807, 2.05) is 23.1 Å². The molecule has 1 fully saturated rings. The van der Waals surface area contributed by atoms with E-state index in [1.54, 1.807) is 4.90 Å². The first-order valence-corrected chi connectivity index (χ1v) is 13.8. The molecule has 0 radical (unpaired) electrons. The fourth-order valence-electron chi connectivity index (χ4n) is 4.98. The lowest BCUT2D eigenvalue weighted by atomic mass is 9.90. The van der Waals surface area contributed by atoms with E-state index in [2.05, 4.69) is 13.0 Å². The Morgan fingerprint density at radius 3 is 2.82 bits per heavy atom. The Kier molecular flexibility index (Phi) is 9.86. The predicted molar refractivity (Wildman–Crippen MR) is 143 cm³/mol. The van der Waals surface area contributed by atoms with Crippen molar-refractivity contribution < 1.29 is 28.2 Å². The van der Waals surface area contributed by atoms with Crippen LogP contribution in [0.3, 0.4) is 0 Å². The second-order valence-electron chi connectivity index (χ2n) is 9.83. The molecule has 2 amide bonds. The normalized spacial score (nSPS) is 20.8. The standard InChI is InChI=1S/C29H36ClFN2O5/c1-2-3-14-32-15-17-36-26-10-5-4-8-22(26)9-6-7-13-29(28(32)35)21-33(16-18-38-29)27(34)20-37-23-11-12-25(31)24(30)19-23/h4-5,8,10-12,19H,2-3,6-7,9,13-18,20-21H2,1H3. The lowest BCUT2D eigenvalue weighted by Gasteiger charge is -2.44. The Morgan fingerprint density at radius 2 is 2.00 bits per heavy atom. The summed E-state index contributed by atoms with van der Waals surface area (Å²) in [6, 6.07) is 12.0. The van der Waals surface area contributed by atoms with Gasteiger partial charge in [-0.05, 0) is 55.9 Å². The third-order valence-electron chi connectivity index (χ3n) is 7.12. The van der Waals surface area contributed by atoms with Crippen LogP contribution in [-0.2, 0) is 20.7 Å². The molecule has 2 aliphatic rings. The maximum absolute atomic E-state index is 14.0. The first kappa shape index (κ1) is 28.2. The van der Waals surface area contributed by atoms with Gasteiger partial charge in [-0.1, -0.05) is 43.1 Å². The zero-order valence-electron chi connectivity index (χ0n) is 21.9. The van der Waals surface area contributed by atoms with Gasteiger partial charge in [0.05, 0.1) is 24.7 Å². The zero-order chi connectivity index (χ0) is 27.0. The van der Waals surface area contributed by atoms with Crippen molar-refractivity contribution in [3.63, 3.8) is 0 Å². The number of hydrogen-bond donors (Lipinski definition) is 0. The lowest BCUT2D eigenvalue weighted by Crippen LogP contribution is -2.62. The minimum atomic E-state index is -1.11. The van der Waals surface area contributed by atoms with E-state index in [0.29, 0.717) is 38.4 Å². The van der Waals surface area contributed by atoms with Crippen LogP contribution < -0.4 is 9.47 Å². The molecule has 1 atom stereocenters. The second kappa shape index (κ2) is 13.3. The van der Waals surface area contributed by atoms with Gasteiger partial charge in [0.15, 0.2) is 12.2 Å². The van der Waals surface area contributed by atoms with Crippen molar-refractivity contribution in [3.8, 4) is 11.5 Å². The summed E-state index contributed by atoms with van der Waals surface area (Å²) in [6.07, 6.45) is 4.84. The van der Waals surface area contributed by atoms with Gasteiger partial charge in [-0.15, -0.1) is 0 Å². The molecule has 9 heteroatoms. The topological polar surface area (TPSA) is 68.3 Å². The molecule has 2 aromatic carbocycles. The molecule has 0 saturated carbocycles. The number of carbonyl (C=O) groups is 2. The number of ether oxygens (including phenoxy) is 3. The largest absolute Gasteiger partial charge is 0.491 e. The number of amides is 2. The molecule has 0 aromatic heterocycles. The predicted octanol–water partition coefficient (Wildman–Crippen LogP) is 4.89. The summed E-state index contributed by atoms with van der Waals surface area (Å²) in [5.74, 6) is 0.277. The summed E-state index contributed by atoms with van der Waals surface area (Å²) in [7, 11) is 0. The van der Waals surface area contributed by atoms with Crippen LogP contribution in [0.1, 0.15) is 44.6 Å². The number of morpholine rings is 1. The van der Waals surface area contributed by atoms with Crippen molar-refractivity contribution in [1.29, 1.82) is 0 Å². The van der Waals surface area contributed by atoms with E-state index in [9.17, 15) is 14.0 Å². The third kappa shape index (κ3) is 6.97. The summed E-state index contributed by atoms with van der Waals surface area (Å²) in [5.41, 5.74) is 0.0486. The molecule has 2 aliphatic heterocycles. The Bertz CT molecular complexity index is 1120. The summed E-state index contributed by atoms with van der Waals surface area (Å²) < 4.78 is 31.4. The number of halogens is 2. The van der Waals surface area contributed by atoms with Crippen LogP contribution in [0.2, 0.25) is 5.02 Å². The number of carbonyl (C=O) groups excluding carboxylic acids is 2. The highest BCUT2D eigenvalue weighted by Gasteiger charge is 2.46. The molecule has 4 rings (SSSR count). The minimum Gasteiger partial charge on any atom is -0.491 e. The average Bonchev–Trinajstić information content (AvgIpc) is 2.93. The van der Waals surface area contributed by atoms with E-state index in [4.69, 9.17) is 25.8 Å². The SMILES string of the molecule is CCCCN1CCOc2ccccc2CCCCC2(CN(C(=O)COc3ccc(F)c(Cl)c3)CCO2)C1=O. The van der Waals surface area contributed by atoms with Gasteiger partial charge in [-0.25, -0.2) is 4.39 Å². The van der Waals surface area contributed by atoms with Crippen LogP contribution in [0.4, 0.5) is 4.39 Å². The highest BCUT2D eigenvalue weighted by molar-refractivity contribution is 6.30. The van der Waals surface area contributed by atoms with Gasteiger partial charge in [0.2, 0.25) is 0 Å². The van der Waals surface area contributed by atoms with Gasteiger partial charge >= 0.3 is 0 Å². The van der Waals surface area contributed by atoms with Gasteiger partial charge in [0.25, 0.3) is 11.8 Å². The van der Waals surface area contributed by atoms with Gasteiger partial charge in [-0.2, -0.15) is 0 Å². The molecule has 1 unspecified atom stereocenters. The van der Waals surface area contributed by atoms with Crippen molar-refractivity contribution in [2.45, 2.75) is 51.0 Å². The van der Waals surface area contributed by atoms with Crippen LogP contribution in [0.15, 0.2) is 42.5 Å². The Hall–Kier alpha value is -2.84. The van der Waals surface area contributed by atoms with Crippen molar-refractivity contribution in [2.24, 2.45) is 0 Å². The molecule has 0 aliphatic carbocycles. The van der Waals surface area contributed by atoms with Crippen LogP contribution >= 0.6 is 11.6 Å². The maximum Gasteiger partial charge on any atom is 0.260 e. The first-order valence-electron chi connectivity index (χ1n) is 13.4. The monoisotopic (exact) mass is 546 g/mol. The number of para-hydroxylation sites is 1. The van der Waals surface area contributed by atoms with Crippen molar-refractivity contribution >= 4 is 23.4 Å². The number of rotatable bonds is 6. The lowest BCUT2D eigenvalue weighted by molar-refractivity contribution is -0.177. The molecule has 1 spiro atoms. The van der Waals surface area contributed by atoms with Crippen molar-refractivity contribution in [1.82, 2.24) is 9.80 Å². The van der Waals surface area contributed by atoms with E-state index in [1.165, 1.54) is 18.2 Å². The number of unbranched alkanes of at least 4 members (excludes halogenated alkanes) is 1. The van der Waals surface area contributed by atoms with Crippen LogP contribution in [0.25, 0.3) is 0 Å². The van der Waals surface area contributed by atoms with Gasteiger partial charge in [-0.3, -0.25) is 9.59 Å². The molecular formula is C29H36ClFN2O5. The molecule has 206 valence electrons. The van der Waals surface area contributed by atoms with E-state index >= 15 is 0 Å². The van der Waals surface area contributed by atoms with Crippen molar-refractivity contribution in [3.05, 3.63) is 58.9 Å². The van der Waals surface area contributed by atoms with Gasteiger partial charge < -0.3 is 24.0 Å². The number of nitrogens with zero attached hydrogens (tertiary/aromatic N) is 2. The number of fused-ring (bicyclic) bond motifs is 1. The summed E-state index contributed by atoms with van der Waals surface area (Å²) in [4.78, 5) is 30.6. The quantitative estimate of drug-likeness (QED) is 0.516. The van der Waals surface area contributed by atoms with Crippen LogP contribution in [-0.4, -0.2) is 73.2 Å². The summed E-state index contributed by atoms with van der Waals surface area (Å²) in [6.45, 7) is 4.09. The first-order chi connectivity index (χ1) is 18.4. The number of hydrogen-bond acceptors (Lipinski definition) is 5. The Morgan fingerprint density at radius 1 is 1.16 bits per heavy atom. The summed E-state index contributed by atoms with van der Waals surface area (Å²) in [5, 5.41) is -0.0714. The third-order valence-corrected chi connectivity index (χ3v) is 7.41. The fourth-order valence-corrected chi connectivity index (χ4v) is 5.15. The molecule has 2 heterocycles. The average molecular weight is 547 g/mol. The highest BCUT2D eigenvalue weighted by atomic mass is 35.5. The Labute approximate surface area is 228 Å². The summed E-state index contributed by atoms with van der Waals surface area (Å²) >= 11 is 5.83. The van der Waals surface area contributed by atoms with Crippen LogP contribution in [0.5, 0.6) is 11.5 Å². The molecule has 0 bridgehead atoms. The molecule has 38 heavy (non-hydrogen) atoms.